The highest BCUT2D eigenvalue weighted by molar-refractivity contribution is 7.98. The lowest BCUT2D eigenvalue weighted by atomic mass is 10.2. The highest BCUT2D eigenvalue weighted by atomic mass is 32.2. The molecule has 0 radical (unpaired) electrons. The van der Waals surface area contributed by atoms with Gasteiger partial charge in [0.15, 0.2) is 0 Å². The van der Waals surface area contributed by atoms with Crippen LogP contribution in [-0.2, 0) is 5.75 Å². The van der Waals surface area contributed by atoms with Crippen molar-refractivity contribution in [3.8, 4) is 11.4 Å². The average molecular weight is 317 g/mol. The lowest BCUT2D eigenvalue weighted by molar-refractivity contribution is 1.17. The van der Waals surface area contributed by atoms with Crippen molar-refractivity contribution in [3.63, 3.8) is 0 Å². The monoisotopic (exact) mass is 317 g/mol. The molecule has 0 saturated carbocycles. The standard InChI is InChI=1S/C19H15N3S/c1-4-11-18(23-13-14-7-5-6-12-20-14)15(8-1)19-21-16-9-2-3-10-17(16)22-19/h1-12H,13H2,(H,21,22). The molecule has 0 unspecified atom stereocenters. The smallest absolute Gasteiger partial charge is 0.139 e. The molecule has 1 N–H and O–H groups in total. The first-order valence-corrected chi connectivity index (χ1v) is 8.45. The van der Waals surface area contributed by atoms with Gasteiger partial charge >= 0.3 is 0 Å². The molecule has 0 atom stereocenters. The van der Waals surface area contributed by atoms with E-state index in [0.717, 1.165) is 33.9 Å². The molecule has 2 heterocycles. The van der Waals surface area contributed by atoms with Gasteiger partial charge in [0.2, 0.25) is 0 Å². The largest absolute Gasteiger partial charge is 0.338 e. The number of para-hydroxylation sites is 2. The number of hydrogen-bond donors (Lipinski definition) is 1. The van der Waals surface area contributed by atoms with Crippen molar-refractivity contribution in [2.75, 3.05) is 0 Å². The Bertz CT molecular complexity index is 898. The van der Waals surface area contributed by atoms with Crippen molar-refractivity contribution in [2.24, 2.45) is 0 Å². The zero-order chi connectivity index (χ0) is 15.5. The van der Waals surface area contributed by atoms with Crippen LogP contribution in [0, 0.1) is 0 Å². The van der Waals surface area contributed by atoms with Crippen molar-refractivity contribution in [2.45, 2.75) is 10.6 Å². The molecule has 0 aliphatic carbocycles. The van der Waals surface area contributed by atoms with E-state index in [9.17, 15) is 0 Å². The van der Waals surface area contributed by atoms with Crippen LogP contribution in [0.4, 0.5) is 0 Å². The molecule has 4 heteroatoms. The topological polar surface area (TPSA) is 41.6 Å². The third kappa shape index (κ3) is 2.98. The summed E-state index contributed by atoms with van der Waals surface area (Å²) in [6.45, 7) is 0. The fourth-order valence-electron chi connectivity index (χ4n) is 2.50. The van der Waals surface area contributed by atoms with Crippen LogP contribution in [0.25, 0.3) is 22.4 Å². The molecule has 2 aromatic carbocycles. The van der Waals surface area contributed by atoms with E-state index in [-0.39, 0.29) is 0 Å². The minimum atomic E-state index is 0.845. The lowest BCUT2D eigenvalue weighted by Crippen LogP contribution is -1.88. The molecule has 0 bridgehead atoms. The summed E-state index contributed by atoms with van der Waals surface area (Å²) in [6, 6.07) is 22.5. The summed E-state index contributed by atoms with van der Waals surface area (Å²) in [5.41, 5.74) is 4.26. The minimum Gasteiger partial charge on any atom is -0.338 e. The van der Waals surface area contributed by atoms with E-state index in [2.05, 4.69) is 40.3 Å². The molecular formula is C19H15N3S. The zero-order valence-corrected chi connectivity index (χ0v) is 13.3. The Labute approximate surface area is 138 Å². The molecule has 0 aliphatic heterocycles. The number of nitrogens with one attached hydrogen (secondary N) is 1. The van der Waals surface area contributed by atoms with Crippen LogP contribution in [0.1, 0.15) is 5.69 Å². The van der Waals surface area contributed by atoms with Gasteiger partial charge in [0, 0.05) is 22.4 Å². The Morgan fingerprint density at radius 3 is 2.57 bits per heavy atom. The maximum atomic E-state index is 4.71. The molecule has 0 aliphatic rings. The van der Waals surface area contributed by atoms with Crippen molar-refractivity contribution >= 4 is 22.8 Å². The Hall–Kier alpha value is -2.59. The number of aromatic amines is 1. The number of imidazole rings is 1. The summed E-state index contributed by atoms with van der Waals surface area (Å²) in [4.78, 5) is 13.7. The predicted molar refractivity (Wildman–Crippen MR) is 95.3 cm³/mol. The van der Waals surface area contributed by atoms with E-state index in [1.54, 1.807) is 11.8 Å². The molecule has 4 aromatic rings. The quantitative estimate of drug-likeness (QED) is 0.543. The van der Waals surface area contributed by atoms with Gasteiger partial charge < -0.3 is 4.98 Å². The fourth-order valence-corrected chi connectivity index (χ4v) is 3.47. The highest BCUT2D eigenvalue weighted by Crippen LogP contribution is 2.32. The van der Waals surface area contributed by atoms with E-state index in [4.69, 9.17) is 4.98 Å². The maximum Gasteiger partial charge on any atom is 0.139 e. The van der Waals surface area contributed by atoms with Gasteiger partial charge in [-0.3, -0.25) is 4.98 Å². The van der Waals surface area contributed by atoms with Crippen LogP contribution < -0.4 is 0 Å². The number of nitrogens with zero attached hydrogens (tertiary/aromatic N) is 2. The van der Waals surface area contributed by atoms with Gasteiger partial charge in [0.1, 0.15) is 5.82 Å². The second-order valence-corrected chi connectivity index (χ2v) is 6.23. The first-order chi connectivity index (χ1) is 11.4. The van der Waals surface area contributed by atoms with Gasteiger partial charge in [-0.2, -0.15) is 0 Å². The minimum absolute atomic E-state index is 0.845. The normalized spacial score (nSPS) is 11.0. The Balaban J connectivity index is 1.66. The molecule has 23 heavy (non-hydrogen) atoms. The lowest BCUT2D eigenvalue weighted by Gasteiger charge is -2.06. The number of rotatable bonds is 4. The van der Waals surface area contributed by atoms with Crippen molar-refractivity contribution in [1.82, 2.24) is 15.0 Å². The molecule has 4 rings (SSSR count). The molecule has 3 nitrogen and oxygen atoms in total. The van der Waals surface area contributed by atoms with Gasteiger partial charge in [0.05, 0.1) is 16.7 Å². The maximum absolute atomic E-state index is 4.71. The average Bonchev–Trinajstić information content (AvgIpc) is 3.05. The summed E-state index contributed by atoms with van der Waals surface area (Å²) >= 11 is 1.78. The van der Waals surface area contributed by atoms with E-state index in [1.807, 2.05) is 42.6 Å². The third-order valence-electron chi connectivity index (χ3n) is 3.63. The van der Waals surface area contributed by atoms with Crippen LogP contribution in [0.2, 0.25) is 0 Å². The first kappa shape index (κ1) is 14.0. The number of fused-ring (bicyclic) bond motifs is 1. The summed E-state index contributed by atoms with van der Waals surface area (Å²) < 4.78 is 0. The van der Waals surface area contributed by atoms with Gasteiger partial charge in [-0.05, 0) is 30.3 Å². The number of pyridine rings is 1. The molecule has 0 fully saturated rings. The number of thioether (sulfide) groups is 1. The number of H-pyrrole nitrogens is 1. The second-order valence-electron chi connectivity index (χ2n) is 5.21. The van der Waals surface area contributed by atoms with Crippen molar-refractivity contribution in [1.29, 1.82) is 0 Å². The summed E-state index contributed by atoms with van der Waals surface area (Å²) in [5.74, 6) is 1.76. The number of benzene rings is 2. The van der Waals surface area contributed by atoms with Crippen LogP contribution in [0.15, 0.2) is 77.8 Å². The van der Waals surface area contributed by atoms with Gasteiger partial charge in [-0.25, -0.2) is 4.98 Å². The molecular weight excluding hydrogens is 302 g/mol. The zero-order valence-electron chi connectivity index (χ0n) is 12.4. The van der Waals surface area contributed by atoms with Gasteiger partial charge in [0.25, 0.3) is 0 Å². The Kier molecular flexibility index (Phi) is 3.82. The van der Waals surface area contributed by atoms with E-state index in [1.165, 1.54) is 4.90 Å². The first-order valence-electron chi connectivity index (χ1n) is 7.47. The molecule has 0 saturated heterocycles. The number of hydrogen-bond acceptors (Lipinski definition) is 3. The summed E-state index contributed by atoms with van der Waals surface area (Å²) in [5, 5.41) is 0. The second kappa shape index (κ2) is 6.26. The Morgan fingerprint density at radius 1 is 0.870 bits per heavy atom. The van der Waals surface area contributed by atoms with Crippen LogP contribution in [0.3, 0.4) is 0 Å². The van der Waals surface area contributed by atoms with E-state index >= 15 is 0 Å². The predicted octanol–water partition coefficient (Wildman–Crippen LogP) is 4.92. The fraction of sp³-hybridized carbons (Fsp3) is 0.0526. The molecule has 112 valence electrons. The highest BCUT2D eigenvalue weighted by Gasteiger charge is 2.10. The van der Waals surface area contributed by atoms with Gasteiger partial charge in [-0.1, -0.05) is 36.4 Å². The molecule has 0 spiro atoms. The van der Waals surface area contributed by atoms with E-state index in [0.29, 0.717) is 0 Å². The van der Waals surface area contributed by atoms with Crippen molar-refractivity contribution < 1.29 is 0 Å². The number of aromatic nitrogens is 3. The van der Waals surface area contributed by atoms with Crippen molar-refractivity contribution in [3.05, 3.63) is 78.6 Å². The third-order valence-corrected chi connectivity index (χ3v) is 4.74. The van der Waals surface area contributed by atoms with Crippen LogP contribution in [-0.4, -0.2) is 15.0 Å². The van der Waals surface area contributed by atoms with E-state index < -0.39 is 0 Å². The Morgan fingerprint density at radius 2 is 1.70 bits per heavy atom. The molecule has 0 amide bonds. The molecule has 2 aromatic heterocycles. The van der Waals surface area contributed by atoms with Crippen LogP contribution in [0.5, 0.6) is 0 Å². The summed E-state index contributed by atoms with van der Waals surface area (Å²) in [6.07, 6.45) is 1.83. The summed E-state index contributed by atoms with van der Waals surface area (Å²) in [7, 11) is 0. The SMILES string of the molecule is c1ccc(CSc2ccccc2-c2nc3ccccc3[nH]2)nc1. The van der Waals surface area contributed by atoms with Crippen LogP contribution >= 0.6 is 11.8 Å². The van der Waals surface area contributed by atoms with Gasteiger partial charge in [-0.15, -0.1) is 11.8 Å².